The molecule has 0 heterocycles. The fourth-order valence-corrected chi connectivity index (χ4v) is 1.31. The summed E-state index contributed by atoms with van der Waals surface area (Å²) in [5, 5.41) is 20.0. The lowest BCUT2D eigenvalue weighted by Gasteiger charge is -2.17. The molecule has 0 aliphatic rings. The molecule has 0 aromatic heterocycles. The van der Waals surface area contributed by atoms with E-state index in [9.17, 15) is 18.0 Å². The maximum atomic E-state index is 12.1. The van der Waals surface area contributed by atoms with Crippen molar-refractivity contribution >= 4 is 11.7 Å². The lowest BCUT2D eigenvalue weighted by atomic mass is 10.1. The summed E-state index contributed by atoms with van der Waals surface area (Å²) >= 11 is 0. The van der Waals surface area contributed by atoms with Crippen LogP contribution in [0.25, 0.3) is 0 Å². The predicted molar refractivity (Wildman–Crippen MR) is 58.7 cm³/mol. The number of halogens is 3. The molecule has 0 spiro atoms. The third-order valence-electron chi connectivity index (χ3n) is 2.27. The fourth-order valence-electron chi connectivity index (χ4n) is 1.31. The number of rotatable bonds is 4. The van der Waals surface area contributed by atoms with Gasteiger partial charge in [-0.1, -0.05) is 11.6 Å². The number of hydrogen-bond donors (Lipinski definition) is 3. The third-order valence-corrected chi connectivity index (χ3v) is 2.27. The van der Waals surface area contributed by atoms with Crippen molar-refractivity contribution in [2.24, 2.45) is 0 Å². The van der Waals surface area contributed by atoms with Crippen molar-refractivity contribution in [1.82, 2.24) is 0 Å². The number of aryl methyl sites for hydroxylation is 1. The molecule has 1 aromatic rings. The largest absolute Gasteiger partial charge is 0.478 e. The first-order valence-electron chi connectivity index (χ1n) is 5.04. The predicted octanol–water partition coefficient (Wildman–Crippen LogP) is 2.03. The zero-order valence-corrected chi connectivity index (χ0v) is 9.45. The van der Waals surface area contributed by atoms with E-state index in [-0.39, 0.29) is 11.3 Å². The van der Waals surface area contributed by atoms with E-state index in [0.29, 0.717) is 5.56 Å². The monoisotopic (exact) mass is 263 g/mol. The smallest absolute Gasteiger partial charge is 0.416 e. The van der Waals surface area contributed by atoms with Gasteiger partial charge in [0.1, 0.15) is 0 Å². The van der Waals surface area contributed by atoms with Crippen LogP contribution < -0.4 is 5.32 Å². The molecule has 4 nitrogen and oxygen atoms in total. The lowest BCUT2D eigenvalue weighted by Crippen LogP contribution is -2.35. The van der Waals surface area contributed by atoms with E-state index in [4.69, 9.17) is 10.2 Å². The van der Waals surface area contributed by atoms with E-state index < -0.39 is 24.8 Å². The van der Waals surface area contributed by atoms with Crippen LogP contribution in [0.4, 0.5) is 18.9 Å². The molecule has 1 atom stereocenters. The quantitative estimate of drug-likeness (QED) is 0.777. The number of hydrogen-bond acceptors (Lipinski definition) is 3. The van der Waals surface area contributed by atoms with Gasteiger partial charge in [-0.25, -0.2) is 4.79 Å². The SMILES string of the molecule is Cc1ccc(NCC(O)C(F)(F)F)c(C(=O)O)c1. The number of benzene rings is 1. The molecule has 0 aliphatic carbocycles. The second-order valence-electron chi connectivity index (χ2n) is 3.79. The van der Waals surface area contributed by atoms with Crippen LogP contribution in [0, 0.1) is 6.92 Å². The highest BCUT2D eigenvalue weighted by Gasteiger charge is 2.37. The molecule has 0 fully saturated rings. The van der Waals surface area contributed by atoms with Crippen LogP contribution in [0.3, 0.4) is 0 Å². The van der Waals surface area contributed by atoms with E-state index in [0.717, 1.165) is 0 Å². The van der Waals surface area contributed by atoms with Gasteiger partial charge < -0.3 is 15.5 Å². The van der Waals surface area contributed by atoms with Crippen LogP contribution in [-0.4, -0.2) is 35.0 Å². The number of aliphatic hydroxyl groups excluding tert-OH is 1. The van der Waals surface area contributed by atoms with Crippen molar-refractivity contribution in [3.63, 3.8) is 0 Å². The Morgan fingerprint density at radius 1 is 1.44 bits per heavy atom. The summed E-state index contributed by atoms with van der Waals surface area (Å²) in [5.41, 5.74) is 0.579. The average Bonchev–Trinajstić information content (AvgIpc) is 2.25. The van der Waals surface area contributed by atoms with Gasteiger partial charge in [0.15, 0.2) is 6.10 Å². The number of alkyl halides is 3. The minimum Gasteiger partial charge on any atom is -0.478 e. The molecule has 100 valence electrons. The zero-order valence-electron chi connectivity index (χ0n) is 9.45. The van der Waals surface area contributed by atoms with Crippen LogP contribution >= 0.6 is 0 Å². The van der Waals surface area contributed by atoms with Crippen molar-refractivity contribution in [1.29, 1.82) is 0 Å². The highest BCUT2D eigenvalue weighted by Crippen LogP contribution is 2.22. The number of carbonyl (C=O) groups is 1. The maximum Gasteiger partial charge on any atom is 0.416 e. The Bertz CT molecular complexity index is 446. The normalized spacial score (nSPS) is 13.2. The van der Waals surface area contributed by atoms with Crippen molar-refractivity contribution < 1.29 is 28.2 Å². The number of nitrogens with one attached hydrogen (secondary N) is 1. The molecule has 7 heteroatoms. The number of aliphatic hydroxyl groups is 1. The van der Waals surface area contributed by atoms with Crippen molar-refractivity contribution in [3.05, 3.63) is 29.3 Å². The molecule has 3 N–H and O–H groups in total. The van der Waals surface area contributed by atoms with Crippen molar-refractivity contribution in [2.45, 2.75) is 19.2 Å². The molecular weight excluding hydrogens is 251 g/mol. The molecule has 1 unspecified atom stereocenters. The van der Waals surface area contributed by atoms with Crippen LogP contribution in [0.5, 0.6) is 0 Å². The Kier molecular flexibility index (Phi) is 4.18. The van der Waals surface area contributed by atoms with E-state index in [1.807, 2.05) is 0 Å². The second kappa shape index (κ2) is 5.26. The molecule has 0 saturated carbocycles. The van der Waals surface area contributed by atoms with Gasteiger partial charge in [-0.3, -0.25) is 0 Å². The van der Waals surface area contributed by atoms with E-state index in [2.05, 4.69) is 5.32 Å². The highest BCUT2D eigenvalue weighted by atomic mass is 19.4. The summed E-state index contributed by atoms with van der Waals surface area (Å²) in [5.74, 6) is -1.25. The standard InChI is InChI=1S/C11H12F3NO3/c1-6-2-3-8(7(4-6)10(17)18)15-5-9(16)11(12,13)14/h2-4,9,15-16H,5H2,1H3,(H,17,18). The summed E-state index contributed by atoms with van der Waals surface area (Å²) in [4.78, 5) is 10.9. The lowest BCUT2D eigenvalue weighted by molar-refractivity contribution is -0.198. The van der Waals surface area contributed by atoms with Crippen LogP contribution in [0.15, 0.2) is 18.2 Å². The molecule has 0 radical (unpaired) electrons. The topological polar surface area (TPSA) is 69.6 Å². The second-order valence-corrected chi connectivity index (χ2v) is 3.79. The van der Waals surface area contributed by atoms with E-state index in [1.54, 1.807) is 13.0 Å². The van der Waals surface area contributed by atoms with Gasteiger partial charge in [-0.15, -0.1) is 0 Å². The number of aromatic carboxylic acids is 1. The Morgan fingerprint density at radius 3 is 2.56 bits per heavy atom. The molecule has 0 saturated heterocycles. The minimum absolute atomic E-state index is 0.0383. The first-order valence-corrected chi connectivity index (χ1v) is 5.04. The van der Waals surface area contributed by atoms with Crippen LogP contribution in [0.1, 0.15) is 15.9 Å². The first-order chi connectivity index (χ1) is 8.21. The fraction of sp³-hybridized carbons (Fsp3) is 0.364. The number of carboxylic acids is 1. The van der Waals surface area contributed by atoms with Gasteiger partial charge in [0.25, 0.3) is 0 Å². The highest BCUT2D eigenvalue weighted by molar-refractivity contribution is 5.94. The maximum absolute atomic E-state index is 12.1. The molecule has 0 aliphatic heterocycles. The summed E-state index contributed by atoms with van der Waals surface area (Å²) in [7, 11) is 0. The van der Waals surface area contributed by atoms with Gasteiger partial charge >= 0.3 is 12.1 Å². The Morgan fingerprint density at radius 2 is 2.06 bits per heavy atom. The van der Waals surface area contributed by atoms with Gasteiger partial charge in [0, 0.05) is 12.2 Å². The molecule has 0 amide bonds. The van der Waals surface area contributed by atoms with Crippen LogP contribution in [-0.2, 0) is 0 Å². The minimum atomic E-state index is -4.74. The van der Waals surface area contributed by atoms with E-state index in [1.165, 1.54) is 12.1 Å². The Hall–Kier alpha value is -1.76. The molecule has 0 bridgehead atoms. The van der Waals surface area contributed by atoms with Crippen molar-refractivity contribution in [3.8, 4) is 0 Å². The van der Waals surface area contributed by atoms with Gasteiger partial charge in [-0.05, 0) is 19.1 Å². The third kappa shape index (κ3) is 3.63. The summed E-state index contributed by atoms with van der Waals surface area (Å²) in [6, 6.07) is 4.27. The Labute approximate surface area is 101 Å². The van der Waals surface area contributed by atoms with E-state index >= 15 is 0 Å². The van der Waals surface area contributed by atoms with Gasteiger partial charge in [-0.2, -0.15) is 13.2 Å². The van der Waals surface area contributed by atoms with Crippen molar-refractivity contribution in [2.75, 3.05) is 11.9 Å². The molecule has 1 rings (SSSR count). The summed E-state index contributed by atoms with van der Waals surface area (Å²) in [6.45, 7) is 0.869. The summed E-state index contributed by atoms with van der Waals surface area (Å²) in [6.07, 6.45) is -7.28. The van der Waals surface area contributed by atoms with Gasteiger partial charge in [0.05, 0.1) is 5.56 Å². The molecule has 18 heavy (non-hydrogen) atoms. The summed E-state index contributed by atoms with van der Waals surface area (Å²) < 4.78 is 36.2. The average molecular weight is 263 g/mol. The first kappa shape index (κ1) is 14.3. The number of carboxylic acid groups (broad SMARTS) is 1. The van der Waals surface area contributed by atoms with Gasteiger partial charge in [0.2, 0.25) is 0 Å². The molecular formula is C11H12F3NO3. The zero-order chi connectivity index (χ0) is 13.9. The Balaban J connectivity index is 2.82. The van der Waals surface area contributed by atoms with Crippen LogP contribution in [0.2, 0.25) is 0 Å². The molecule has 1 aromatic carbocycles. The number of anilines is 1.